The standard InChI is InChI=1S/C18H20N2O/c1-12-4-3-5-15(13(12)2)11-19-16-7-8-17-14(10-16)6-9-18(21)20-17/h3-5,7-8,10,19H,6,9,11H2,1-2H3,(H,20,21). The molecule has 1 aliphatic rings. The topological polar surface area (TPSA) is 41.1 Å². The number of hydrogen-bond donors (Lipinski definition) is 2. The fraction of sp³-hybridized carbons (Fsp3) is 0.278. The Morgan fingerprint density at radius 3 is 2.86 bits per heavy atom. The maximum atomic E-state index is 11.4. The Morgan fingerprint density at radius 1 is 1.14 bits per heavy atom. The zero-order valence-electron chi connectivity index (χ0n) is 12.5. The van der Waals surface area contributed by atoms with E-state index in [9.17, 15) is 4.79 Å². The monoisotopic (exact) mass is 280 g/mol. The third-order valence-corrected chi connectivity index (χ3v) is 4.20. The van der Waals surface area contributed by atoms with Gasteiger partial charge in [0.15, 0.2) is 0 Å². The van der Waals surface area contributed by atoms with Crippen LogP contribution in [0.3, 0.4) is 0 Å². The van der Waals surface area contributed by atoms with E-state index in [4.69, 9.17) is 0 Å². The van der Waals surface area contributed by atoms with Gasteiger partial charge in [0.2, 0.25) is 5.91 Å². The molecule has 0 unspecified atom stereocenters. The lowest BCUT2D eigenvalue weighted by Gasteiger charge is -2.18. The van der Waals surface area contributed by atoms with Crippen molar-refractivity contribution in [3.05, 3.63) is 58.7 Å². The first-order valence-electron chi connectivity index (χ1n) is 7.35. The lowest BCUT2D eigenvalue weighted by atomic mass is 10.0. The van der Waals surface area contributed by atoms with Crippen molar-refractivity contribution in [1.29, 1.82) is 0 Å². The van der Waals surface area contributed by atoms with Crippen molar-refractivity contribution >= 4 is 17.3 Å². The molecule has 3 rings (SSSR count). The van der Waals surface area contributed by atoms with Gasteiger partial charge >= 0.3 is 0 Å². The SMILES string of the molecule is Cc1cccc(CNc2ccc3c(c2)CCC(=O)N3)c1C. The summed E-state index contributed by atoms with van der Waals surface area (Å²) in [5.41, 5.74) is 7.24. The van der Waals surface area contributed by atoms with Gasteiger partial charge in [-0.2, -0.15) is 0 Å². The number of fused-ring (bicyclic) bond motifs is 1. The Kier molecular flexibility index (Phi) is 3.65. The number of hydrogen-bond acceptors (Lipinski definition) is 2. The lowest BCUT2D eigenvalue weighted by molar-refractivity contribution is -0.116. The number of benzene rings is 2. The van der Waals surface area contributed by atoms with Crippen molar-refractivity contribution in [2.45, 2.75) is 33.2 Å². The van der Waals surface area contributed by atoms with Gasteiger partial charge in [-0.3, -0.25) is 4.79 Å². The van der Waals surface area contributed by atoms with Crippen LogP contribution >= 0.6 is 0 Å². The second-order valence-electron chi connectivity index (χ2n) is 5.63. The van der Waals surface area contributed by atoms with Gasteiger partial charge in [0.25, 0.3) is 0 Å². The van der Waals surface area contributed by atoms with Crippen LogP contribution in [0.4, 0.5) is 11.4 Å². The van der Waals surface area contributed by atoms with E-state index in [0.29, 0.717) is 6.42 Å². The third-order valence-electron chi connectivity index (χ3n) is 4.20. The predicted molar refractivity (Wildman–Crippen MR) is 86.6 cm³/mol. The van der Waals surface area contributed by atoms with E-state index >= 15 is 0 Å². The zero-order chi connectivity index (χ0) is 14.8. The van der Waals surface area contributed by atoms with Crippen LogP contribution in [-0.2, 0) is 17.8 Å². The molecule has 0 saturated carbocycles. The van der Waals surface area contributed by atoms with Gasteiger partial charge in [0, 0.05) is 24.3 Å². The number of rotatable bonds is 3. The van der Waals surface area contributed by atoms with Gasteiger partial charge in [-0.15, -0.1) is 0 Å². The summed E-state index contributed by atoms with van der Waals surface area (Å²) in [7, 11) is 0. The van der Waals surface area contributed by atoms with E-state index < -0.39 is 0 Å². The fourth-order valence-electron chi connectivity index (χ4n) is 2.69. The molecule has 3 nitrogen and oxygen atoms in total. The summed E-state index contributed by atoms with van der Waals surface area (Å²) in [6.07, 6.45) is 1.40. The zero-order valence-corrected chi connectivity index (χ0v) is 12.5. The summed E-state index contributed by atoms with van der Waals surface area (Å²) in [6, 6.07) is 12.5. The molecule has 0 aliphatic carbocycles. The van der Waals surface area contributed by atoms with Crippen molar-refractivity contribution < 1.29 is 4.79 Å². The number of amides is 1. The molecule has 0 aromatic heterocycles. The highest BCUT2D eigenvalue weighted by atomic mass is 16.1. The van der Waals surface area contributed by atoms with Crippen LogP contribution in [-0.4, -0.2) is 5.91 Å². The molecule has 1 amide bonds. The first-order valence-corrected chi connectivity index (χ1v) is 7.35. The molecule has 2 aromatic carbocycles. The van der Waals surface area contributed by atoms with Crippen LogP contribution in [0.5, 0.6) is 0 Å². The number of anilines is 2. The largest absolute Gasteiger partial charge is 0.381 e. The van der Waals surface area contributed by atoms with Crippen molar-refractivity contribution in [3.8, 4) is 0 Å². The Hall–Kier alpha value is -2.29. The van der Waals surface area contributed by atoms with E-state index in [1.807, 2.05) is 12.1 Å². The van der Waals surface area contributed by atoms with Crippen LogP contribution in [0.25, 0.3) is 0 Å². The molecule has 0 atom stereocenters. The van der Waals surface area contributed by atoms with Crippen molar-refractivity contribution in [2.75, 3.05) is 10.6 Å². The van der Waals surface area contributed by atoms with Crippen LogP contribution < -0.4 is 10.6 Å². The maximum Gasteiger partial charge on any atom is 0.224 e. The number of nitrogens with one attached hydrogen (secondary N) is 2. The Bertz CT molecular complexity index is 692. The van der Waals surface area contributed by atoms with Gasteiger partial charge in [0.1, 0.15) is 0 Å². The summed E-state index contributed by atoms with van der Waals surface area (Å²) in [5, 5.41) is 6.39. The van der Waals surface area contributed by atoms with Gasteiger partial charge < -0.3 is 10.6 Å². The van der Waals surface area contributed by atoms with Crippen molar-refractivity contribution in [2.24, 2.45) is 0 Å². The minimum Gasteiger partial charge on any atom is -0.381 e. The highest BCUT2D eigenvalue weighted by molar-refractivity contribution is 5.94. The molecule has 3 heteroatoms. The average molecular weight is 280 g/mol. The normalized spacial score (nSPS) is 13.5. The molecule has 0 spiro atoms. The van der Waals surface area contributed by atoms with Crippen LogP contribution in [0.15, 0.2) is 36.4 Å². The maximum absolute atomic E-state index is 11.4. The minimum atomic E-state index is 0.110. The molecular weight excluding hydrogens is 260 g/mol. The predicted octanol–water partition coefficient (Wildman–Crippen LogP) is 3.80. The molecule has 1 heterocycles. The molecule has 21 heavy (non-hydrogen) atoms. The summed E-state index contributed by atoms with van der Waals surface area (Å²) in [5.74, 6) is 0.110. The Labute approximate surface area is 125 Å². The molecule has 0 fully saturated rings. The van der Waals surface area contributed by atoms with E-state index in [0.717, 1.165) is 24.3 Å². The highest BCUT2D eigenvalue weighted by Gasteiger charge is 2.14. The molecule has 0 bridgehead atoms. The van der Waals surface area contributed by atoms with E-state index in [1.165, 1.54) is 22.3 Å². The minimum absolute atomic E-state index is 0.110. The molecular formula is C18H20N2O. The van der Waals surface area contributed by atoms with Gasteiger partial charge in [-0.1, -0.05) is 18.2 Å². The molecule has 0 radical (unpaired) electrons. The quantitative estimate of drug-likeness (QED) is 0.898. The van der Waals surface area contributed by atoms with E-state index in [2.05, 4.69) is 48.7 Å². The number of carbonyl (C=O) groups excluding carboxylic acids is 1. The first kappa shape index (κ1) is 13.7. The molecule has 0 saturated heterocycles. The van der Waals surface area contributed by atoms with Gasteiger partial charge in [-0.05, 0) is 60.7 Å². The Morgan fingerprint density at radius 2 is 2.00 bits per heavy atom. The second kappa shape index (κ2) is 5.60. The molecule has 2 aromatic rings. The summed E-state index contributed by atoms with van der Waals surface area (Å²) in [6.45, 7) is 5.12. The molecule has 108 valence electrons. The number of carbonyl (C=O) groups is 1. The van der Waals surface area contributed by atoms with Crippen LogP contribution in [0.2, 0.25) is 0 Å². The van der Waals surface area contributed by atoms with Gasteiger partial charge in [0.05, 0.1) is 0 Å². The van der Waals surface area contributed by atoms with E-state index in [1.54, 1.807) is 0 Å². The average Bonchev–Trinajstić information content (AvgIpc) is 2.49. The second-order valence-corrected chi connectivity index (χ2v) is 5.63. The molecule has 2 N–H and O–H groups in total. The smallest absolute Gasteiger partial charge is 0.224 e. The molecule has 1 aliphatic heterocycles. The fourth-order valence-corrected chi connectivity index (χ4v) is 2.69. The summed E-state index contributed by atoms with van der Waals surface area (Å²) >= 11 is 0. The van der Waals surface area contributed by atoms with Gasteiger partial charge in [-0.25, -0.2) is 0 Å². The van der Waals surface area contributed by atoms with Crippen LogP contribution in [0.1, 0.15) is 28.7 Å². The number of aryl methyl sites for hydroxylation is 2. The first-order chi connectivity index (χ1) is 10.1. The van der Waals surface area contributed by atoms with Crippen molar-refractivity contribution in [1.82, 2.24) is 0 Å². The van der Waals surface area contributed by atoms with E-state index in [-0.39, 0.29) is 5.91 Å². The summed E-state index contributed by atoms with van der Waals surface area (Å²) in [4.78, 5) is 11.4. The third kappa shape index (κ3) is 2.92. The lowest BCUT2D eigenvalue weighted by Crippen LogP contribution is -2.19. The summed E-state index contributed by atoms with van der Waals surface area (Å²) < 4.78 is 0. The Balaban J connectivity index is 1.74. The van der Waals surface area contributed by atoms with Crippen LogP contribution in [0, 0.1) is 13.8 Å². The van der Waals surface area contributed by atoms with Crippen molar-refractivity contribution in [3.63, 3.8) is 0 Å². The highest BCUT2D eigenvalue weighted by Crippen LogP contribution is 2.26.